The number of ether oxygens (including phenoxy) is 1. The minimum absolute atomic E-state index is 0.291. The Bertz CT molecular complexity index is 1840. The molecule has 5 aliphatic rings. The van der Waals surface area contributed by atoms with Crippen molar-refractivity contribution >= 4 is 60.5 Å². The molecule has 2 saturated carbocycles. The van der Waals surface area contributed by atoms with Gasteiger partial charge in [0.25, 0.3) is 0 Å². The van der Waals surface area contributed by atoms with Crippen LogP contribution in [0.15, 0.2) is 24.4 Å². The number of hydrogen-bond acceptors (Lipinski definition) is 14. The van der Waals surface area contributed by atoms with E-state index < -0.39 is 11.5 Å². The zero-order chi connectivity index (χ0) is 44.4. The van der Waals surface area contributed by atoms with Crippen LogP contribution in [0, 0.1) is 11.3 Å². The Morgan fingerprint density at radius 2 is 1.70 bits per heavy atom. The zero-order valence-corrected chi connectivity index (χ0v) is 39.2. The maximum Gasteiger partial charge on any atom is 0.224 e. The SMILES string of the molecule is CC1CCCC1N(C)c1nc(NC2CCN(SN3CCC4(CCN(CCCCCCCOc5cccc(N(C)C(C=O)CCC=O)c5N(C)C=O)C4)C3)CC2)ncc1C1(C=O)CC1. The number of carbonyl (C=O) groups is 4. The van der Waals surface area contributed by atoms with Crippen molar-refractivity contribution in [3.8, 4) is 5.75 Å². The molecule has 14 nitrogen and oxygen atoms in total. The fraction of sp³-hybridized carbons (Fsp3) is 0.708. The topological polar surface area (TPSA) is 135 Å². The summed E-state index contributed by atoms with van der Waals surface area (Å²) in [6.07, 6.45) is 21.9. The van der Waals surface area contributed by atoms with Gasteiger partial charge in [-0.2, -0.15) is 4.98 Å². The highest BCUT2D eigenvalue weighted by molar-refractivity contribution is 7.94. The first-order valence-corrected chi connectivity index (χ1v) is 24.6. The first-order chi connectivity index (χ1) is 30.6. The van der Waals surface area contributed by atoms with Gasteiger partial charge in [-0.3, -0.25) is 4.79 Å². The van der Waals surface area contributed by atoms with Gasteiger partial charge in [-0.25, -0.2) is 13.6 Å². The number of aldehydes is 3. The molecule has 63 heavy (non-hydrogen) atoms. The molecule has 0 bridgehead atoms. The monoisotopic (exact) mass is 888 g/mol. The number of amides is 1. The fourth-order valence-corrected chi connectivity index (χ4v) is 11.9. The molecule has 7 rings (SSSR count). The fourth-order valence-electron chi connectivity index (χ4n) is 10.7. The van der Waals surface area contributed by atoms with Gasteiger partial charge in [0, 0.05) is 96.3 Å². The Kier molecular flexibility index (Phi) is 16.4. The molecule has 3 aliphatic heterocycles. The number of unbranched alkanes of at least 4 members (excludes halogenated alkanes) is 4. The van der Waals surface area contributed by atoms with Crippen LogP contribution in [-0.4, -0.2) is 140 Å². The van der Waals surface area contributed by atoms with Crippen LogP contribution in [-0.2, 0) is 24.6 Å². The number of nitrogens with zero attached hydrogens (tertiary/aromatic N) is 8. The summed E-state index contributed by atoms with van der Waals surface area (Å²) in [6, 6.07) is 5.93. The largest absolute Gasteiger partial charge is 0.491 e. The van der Waals surface area contributed by atoms with Crippen molar-refractivity contribution in [1.29, 1.82) is 0 Å². The van der Waals surface area contributed by atoms with Gasteiger partial charge in [0.1, 0.15) is 36.1 Å². The molecule has 3 saturated heterocycles. The smallest absolute Gasteiger partial charge is 0.224 e. The van der Waals surface area contributed by atoms with Crippen molar-refractivity contribution in [2.24, 2.45) is 11.3 Å². The summed E-state index contributed by atoms with van der Waals surface area (Å²) in [7, 11) is 5.66. The van der Waals surface area contributed by atoms with Crippen molar-refractivity contribution in [3.05, 3.63) is 30.0 Å². The lowest BCUT2D eigenvalue weighted by molar-refractivity contribution is -0.110. The maximum absolute atomic E-state index is 12.2. The normalized spacial score (nSPS) is 24.3. The van der Waals surface area contributed by atoms with Gasteiger partial charge in [0.15, 0.2) is 0 Å². The van der Waals surface area contributed by atoms with Gasteiger partial charge < -0.3 is 44.0 Å². The summed E-state index contributed by atoms with van der Waals surface area (Å²) < 4.78 is 11.4. The number of piperidine rings is 1. The van der Waals surface area contributed by atoms with Crippen molar-refractivity contribution in [2.75, 3.05) is 93.6 Å². The lowest BCUT2D eigenvalue weighted by Gasteiger charge is -2.34. The van der Waals surface area contributed by atoms with Crippen molar-refractivity contribution in [2.45, 2.75) is 133 Å². The molecule has 4 atom stereocenters. The van der Waals surface area contributed by atoms with Crippen LogP contribution in [0.2, 0.25) is 0 Å². The van der Waals surface area contributed by atoms with Gasteiger partial charge in [0.2, 0.25) is 12.4 Å². The van der Waals surface area contributed by atoms with Gasteiger partial charge in [-0.05, 0) is 107 Å². The number of anilines is 4. The van der Waals surface area contributed by atoms with E-state index in [1.165, 1.54) is 82.4 Å². The Balaban J connectivity index is 0.783. The molecule has 1 N–H and O–H groups in total. The molecule has 5 fully saturated rings. The molecular formula is C48H73N9O5S. The molecule has 4 heterocycles. The Hall–Kier alpha value is -3.79. The second-order valence-electron chi connectivity index (χ2n) is 19.4. The highest BCUT2D eigenvalue weighted by Crippen LogP contribution is 2.50. The minimum Gasteiger partial charge on any atom is -0.491 e. The van der Waals surface area contributed by atoms with E-state index >= 15 is 0 Å². The van der Waals surface area contributed by atoms with Crippen LogP contribution in [0.4, 0.5) is 23.1 Å². The molecule has 0 radical (unpaired) electrons. The highest BCUT2D eigenvalue weighted by Gasteiger charge is 2.48. The van der Waals surface area contributed by atoms with Crippen LogP contribution in [0.3, 0.4) is 0 Å². The summed E-state index contributed by atoms with van der Waals surface area (Å²) >= 11 is 1.97. The Labute approximate surface area is 380 Å². The first-order valence-electron chi connectivity index (χ1n) is 23.9. The second-order valence-corrected chi connectivity index (χ2v) is 20.6. The summed E-state index contributed by atoms with van der Waals surface area (Å²) in [6.45, 7) is 10.9. The molecule has 1 amide bonds. The minimum atomic E-state index is -0.476. The molecule has 1 aromatic heterocycles. The van der Waals surface area contributed by atoms with E-state index in [0.717, 1.165) is 94.8 Å². The summed E-state index contributed by atoms with van der Waals surface area (Å²) in [4.78, 5) is 65.0. The number of hydrogen-bond donors (Lipinski definition) is 1. The lowest BCUT2D eigenvalue weighted by Crippen LogP contribution is -2.39. The lowest BCUT2D eigenvalue weighted by atomic mass is 9.86. The molecule has 2 aliphatic carbocycles. The van der Waals surface area contributed by atoms with Crippen LogP contribution in [0.25, 0.3) is 0 Å². The van der Waals surface area contributed by atoms with E-state index in [1.807, 2.05) is 48.5 Å². The van der Waals surface area contributed by atoms with Gasteiger partial charge in [0.05, 0.1) is 23.8 Å². The molecule has 1 spiro atoms. The van der Waals surface area contributed by atoms with E-state index in [-0.39, 0.29) is 0 Å². The van der Waals surface area contributed by atoms with E-state index in [0.29, 0.717) is 65.9 Å². The molecule has 346 valence electrons. The molecule has 2 aromatic rings. The van der Waals surface area contributed by atoms with E-state index in [1.54, 1.807) is 7.05 Å². The van der Waals surface area contributed by atoms with Gasteiger partial charge >= 0.3 is 0 Å². The number of para-hydroxylation sites is 1. The van der Waals surface area contributed by atoms with Crippen molar-refractivity contribution < 1.29 is 23.9 Å². The number of carbonyl (C=O) groups excluding carboxylic acids is 4. The van der Waals surface area contributed by atoms with Gasteiger partial charge in [-0.15, -0.1) is 0 Å². The number of likely N-dealkylation sites (tertiary alicyclic amines) is 1. The van der Waals surface area contributed by atoms with Crippen LogP contribution in [0.5, 0.6) is 5.75 Å². The third kappa shape index (κ3) is 11.5. The van der Waals surface area contributed by atoms with Crippen LogP contribution < -0.4 is 24.8 Å². The first kappa shape index (κ1) is 47.2. The van der Waals surface area contributed by atoms with Crippen molar-refractivity contribution in [3.63, 3.8) is 0 Å². The standard InChI is InChI=1S/C48H73N9O5S/c1-37-13-10-15-41(37)54(4)45-40(48(35-60)20-21-48)31-49-46(51-45)50-38-18-25-56(26-19-38)63-57-28-23-47(34-57)22-27-55(33-47)24-8-6-5-7-9-30-62-43-17-11-16-42(44(43)52(2)36-61)53(3)39(32-59)14-12-29-58/h11,16-17,29,31-32,35-39,41H,5-10,12-15,18-28,30,33-34H2,1-4H3,(H,49,50,51). The second kappa shape index (κ2) is 21.9. The number of nitrogens with one attached hydrogen (secondary N) is 1. The molecule has 4 unspecified atom stereocenters. The number of aromatic nitrogens is 2. The molecule has 15 heteroatoms. The van der Waals surface area contributed by atoms with Crippen molar-refractivity contribution in [1.82, 2.24) is 23.5 Å². The third-order valence-electron chi connectivity index (χ3n) is 14.9. The molecular weight excluding hydrogens is 815 g/mol. The Morgan fingerprint density at radius 1 is 0.921 bits per heavy atom. The van der Waals surface area contributed by atoms with E-state index in [9.17, 15) is 19.2 Å². The van der Waals surface area contributed by atoms with E-state index in [2.05, 4.69) is 37.7 Å². The number of rotatable bonds is 25. The highest BCUT2D eigenvalue weighted by atomic mass is 32.2. The third-order valence-corrected chi connectivity index (χ3v) is 16.0. The van der Waals surface area contributed by atoms with Crippen LogP contribution >= 0.6 is 12.1 Å². The average Bonchev–Trinajstić information content (AvgIpc) is 3.56. The predicted molar refractivity (Wildman–Crippen MR) is 253 cm³/mol. The van der Waals surface area contributed by atoms with Gasteiger partial charge in [-0.1, -0.05) is 38.7 Å². The average molecular weight is 888 g/mol. The van der Waals surface area contributed by atoms with E-state index in [4.69, 9.17) is 14.7 Å². The summed E-state index contributed by atoms with van der Waals surface area (Å²) in [5.41, 5.74) is 2.36. The summed E-state index contributed by atoms with van der Waals surface area (Å²) in [5, 5.41) is 3.69. The quantitative estimate of drug-likeness (QED) is 0.0638. The van der Waals surface area contributed by atoms with Crippen LogP contribution in [0.1, 0.15) is 115 Å². The number of likely N-dealkylation sites (N-methyl/N-ethyl adjacent to an activating group) is 1. The maximum atomic E-state index is 12.2. The predicted octanol–water partition coefficient (Wildman–Crippen LogP) is 6.77. The zero-order valence-electron chi connectivity index (χ0n) is 38.4. The number of benzene rings is 1. The molecule has 1 aromatic carbocycles. The Morgan fingerprint density at radius 3 is 2.41 bits per heavy atom. The summed E-state index contributed by atoms with van der Waals surface area (Å²) in [5.74, 6) is 2.87.